The topological polar surface area (TPSA) is 90.7 Å². The van der Waals surface area contributed by atoms with E-state index in [2.05, 4.69) is 5.16 Å². The summed E-state index contributed by atoms with van der Waals surface area (Å²) in [6.07, 6.45) is 3.32. The minimum atomic E-state index is 0.204. The van der Waals surface area contributed by atoms with Crippen LogP contribution in [0, 0.1) is 0 Å². The van der Waals surface area contributed by atoms with Gasteiger partial charge < -0.3 is 24.8 Å². The van der Waals surface area contributed by atoms with Gasteiger partial charge in [-0.25, -0.2) is 0 Å². The largest absolute Gasteiger partial charge is 0.504 e. The van der Waals surface area contributed by atoms with Crippen LogP contribution in [0.4, 0.5) is 5.82 Å². The first-order valence-electron chi connectivity index (χ1n) is 7.14. The van der Waals surface area contributed by atoms with Gasteiger partial charge in [-0.15, -0.1) is 0 Å². The number of aromatic nitrogens is 1. The Labute approximate surface area is 121 Å². The lowest BCUT2D eigenvalue weighted by Crippen LogP contribution is -2.15. The number of nitrogens with zero attached hydrogens (tertiary/aromatic N) is 1. The van der Waals surface area contributed by atoms with Gasteiger partial charge >= 0.3 is 0 Å². The number of ether oxygens (including phenoxy) is 2. The maximum atomic E-state index is 10.5. The summed E-state index contributed by atoms with van der Waals surface area (Å²) in [6, 6.07) is 1.68. The molecule has 2 aromatic rings. The van der Waals surface area contributed by atoms with Gasteiger partial charge in [-0.3, -0.25) is 0 Å². The van der Waals surface area contributed by atoms with Crippen molar-refractivity contribution in [3.05, 3.63) is 17.2 Å². The zero-order valence-electron chi connectivity index (χ0n) is 11.5. The van der Waals surface area contributed by atoms with Gasteiger partial charge in [0.25, 0.3) is 0 Å². The second kappa shape index (κ2) is 4.58. The van der Waals surface area contributed by atoms with Crippen LogP contribution in [0.2, 0.25) is 0 Å². The van der Waals surface area contributed by atoms with Gasteiger partial charge in [0.05, 0.1) is 18.8 Å². The van der Waals surface area contributed by atoms with E-state index in [0.29, 0.717) is 36.3 Å². The number of phenolic OH excluding ortho intramolecular Hbond substituents is 1. The molecule has 3 N–H and O–H groups in total. The fourth-order valence-corrected chi connectivity index (χ4v) is 3.09. The van der Waals surface area contributed by atoms with E-state index in [4.69, 9.17) is 19.7 Å². The summed E-state index contributed by atoms with van der Waals surface area (Å²) in [5, 5.41) is 14.2. The molecule has 110 valence electrons. The number of hydrogen-bond acceptors (Lipinski definition) is 6. The Morgan fingerprint density at radius 2 is 1.76 bits per heavy atom. The lowest BCUT2D eigenvalue weighted by molar-refractivity contribution is 0.257. The standard InChI is InChI=1S/C15H16N2O4/c16-11-7-10(21-17-11)12-8-3-1-6-20-15(8)13(18)9-4-2-5-19-14(9)12/h7,18H,1-6H2,(H2,16,17). The fourth-order valence-electron chi connectivity index (χ4n) is 3.09. The second-order valence-corrected chi connectivity index (χ2v) is 5.36. The maximum Gasteiger partial charge on any atom is 0.173 e. The van der Waals surface area contributed by atoms with E-state index >= 15 is 0 Å². The molecule has 3 heterocycles. The van der Waals surface area contributed by atoms with Crippen LogP contribution >= 0.6 is 0 Å². The number of hydrogen-bond donors (Lipinski definition) is 2. The minimum Gasteiger partial charge on any atom is -0.504 e. The number of nitrogen functional groups attached to an aromatic ring is 1. The molecular weight excluding hydrogens is 272 g/mol. The molecule has 0 radical (unpaired) electrons. The smallest absolute Gasteiger partial charge is 0.173 e. The molecule has 0 saturated carbocycles. The highest BCUT2D eigenvalue weighted by Gasteiger charge is 2.31. The van der Waals surface area contributed by atoms with Crippen molar-refractivity contribution in [2.45, 2.75) is 25.7 Å². The summed E-state index contributed by atoms with van der Waals surface area (Å²) >= 11 is 0. The average molecular weight is 288 g/mol. The third kappa shape index (κ3) is 1.82. The number of benzene rings is 1. The van der Waals surface area contributed by atoms with E-state index < -0.39 is 0 Å². The van der Waals surface area contributed by atoms with Gasteiger partial charge in [0.2, 0.25) is 0 Å². The third-order valence-electron chi connectivity index (χ3n) is 3.99. The molecule has 2 aliphatic rings. The van der Waals surface area contributed by atoms with Gasteiger partial charge in [0.15, 0.2) is 23.1 Å². The van der Waals surface area contributed by atoms with E-state index in [1.165, 1.54) is 0 Å². The second-order valence-electron chi connectivity index (χ2n) is 5.36. The maximum absolute atomic E-state index is 10.5. The first-order valence-corrected chi connectivity index (χ1v) is 7.14. The summed E-state index contributed by atoms with van der Waals surface area (Å²) in [5.74, 6) is 2.32. The van der Waals surface area contributed by atoms with Gasteiger partial charge in [0.1, 0.15) is 5.75 Å². The van der Waals surface area contributed by atoms with E-state index in [0.717, 1.165) is 42.4 Å². The number of fused-ring (bicyclic) bond motifs is 2. The number of nitrogens with two attached hydrogens (primary N) is 1. The predicted molar refractivity (Wildman–Crippen MR) is 75.6 cm³/mol. The normalized spacial score (nSPS) is 16.6. The van der Waals surface area contributed by atoms with Crippen molar-refractivity contribution in [1.29, 1.82) is 0 Å². The Kier molecular flexibility index (Phi) is 2.70. The van der Waals surface area contributed by atoms with Crippen LogP contribution in [0.1, 0.15) is 24.0 Å². The molecule has 0 amide bonds. The molecule has 0 fully saturated rings. The average Bonchev–Trinajstić information content (AvgIpc) is 2.94. The number of phenols is 1. The Morgan fingerprint density at radius 3 is 2.48 bits per heavy atom. The fraction of sp³-hybridized carbons (Fsp3) is 0.400. The third-order valence-corrected chi connectivity index (χ3v) is 3.99. The van der Waals surface area contributed by atoms with Crippen molar-refractivity contribution in [3.8, 4) is 28.6 Å². The highest BCUT2D eigenvalue weighted by molar-refractivity contribution is 5.80. The molecule has 0 spiro atoms. The van der Waals surface area contributed by atoms with Crippen LogP contribution < -0.4 is 15.2 Å². The van der Waals surface area contributed by atoms with Crippen LogP contribution in [0.15, 0.2) is 10.6 Å². The zero-order chi connectivity index (χ0) is 14.4. The highest BCUT2D eigenvalue weighted by atomic mass is 16.5. The monoisotopic (exact) mass is 288 g/mol. The summed E-state index contributed by atoms with van der Waals surface area (Å²) in [6.45, 7) is 1.24. The van der Waals surface area contributed by atoms with Crippen molar-refractivity contribution >= 4 is 5.82 Å². The van der Waals surface area contributed by atoms with Crippen LogP contribution in [0.5, 0.6) is 17.2 Å². The molecule has 0 unspecified atom stereocenters. The Bertz CT molecular complexity index is 671. The molecule has 1 aromatic carbocycles. The summed E-state index contributed by atoms with van der Waals surface area (Å²) in [7, 11) is 0. The highest BCUT2D eigenvalue weighted by Crippen LogP contribution is 2.51. The van der Waals surface area contributed by atoms with Crippen LogP contribution in [0.3, 0.4) is 0 Å². The van der Waals surface area contributed by atoms with E-state index in [9.17, 15) is 5.11 Å². The molecule has 6 nitrogen and oxygen atoms in total. The quantitative estimate of drug-likeness (QED) is 0.836. The van der Waals surface area contributed by atoms with Crippen molar-refractivity contribution in [2.24, 2.45) is 0 Å². The molecule has 0 bridgehead atoms. The van der Waals surface area contributed by atoms with Gasteiger partial charge in [-0.05, 0) is 25.7 Å². The first kappa shape index (κ1) is 12.4. The van der Waals surface area contributed by atoms with Crippen molar-refractivity contribution in [2.75, 3.05) is 18.9 Å². The van der Waals surface area contributed by atoms with E-state index in [-0.39, 0.29) is 5.75 Å². The summed E-state index contributed by atoms with van der Waals surface area (Å²) in [4.78, 5) is 0. The van der Waals surface area contributed by atoms with E-state index in [1.54, 1.807) is 6.07 Å². The van der Waals surface area contributed by atoms with Crippen molar-refractivity contribution < 1.29 is 19.1 Å². The number of aromatic hydroxyl groups is 1. The molecular formula is C15H16N2O4. The molecule has 21 heavy (non-hydrogen) atoms. The predicted octanol–water partition coefficient (Wildman–Crippen LogP) is 2.28. The number of rotatable bonds is 1. The Hall–Kier alpha value is -2.37. The van der Waals surface area contributed by atoms with Gasteiger partial charge in [0, 0.05) is 17.2 Å². The molecule has 2 aliphatic heterocycles. The molecule has 0 atom stereocenters. The summed E-state index contributed by atoms with van der Waals surface area (Å²) in [5.41, 5.74) is 8.19. The SMILES string of the molecule is Nc1cc(-c2c3c(c(O)c4c2OCCC4)OCCC3)on1. The Balaban J connectivity index is 2.03. The molecule has 1 aromatic heterocycles. The van der Waals surface area contributed by atoms with Crippen LogP contribution in [-0.2, 0) is 12.8 Å². The molecule has 0 saturated heterocycles. The first-order chi connectivity index (χ1) is 10.3. The molecule has 0 aliphatic carbocycles. The molecule has 4 rings (SSSR count). The zero-order valence-corrected chi connectivity index (χ0v) is 11.5. The summed E-state index contributed by atoms with van der Waals surface area (Å²) < 4.78 is 16.8. The van der Waals surface area contributed by atoms with Gasteiger partial charge in [-0.2, -0.15) is 0 Å². The van der Waals surface area contributed by atoms with Crippen molar-refractivity contribution in [3.63, 3.8) is 0 Å². The van der Waals surface area contributed by atoms with Crippen LogP contribution in [-0.4, -0.2) is 23.5 Å². The lowest BCUT2D eigenvalue weighted by Gasteiger charge is -2.27. The lowest BCUT2D eigenvalue weighted by atomic mass is 9.91. The molecule has 6 heteroatoms. The van der Waals surface area contributed by atoms with Crippen molar-refractivity contribution in [1.82, 2.24) is 5.16 Å². The van der Waals surface area contributed by atoms with Gasteiger partial charge in [-0.1, -0.05) is 5.16 Å². The van der Waals surface area contributed by atoms with Crippen LogP contribution in [0.25, 0.3) is 11.3 Å². The Morgan fingerprint density at radius 1 is 1.05 bits per heavy atom. The number of anilines is 1. The minimum absolute atomic E-state index is 0.204. The van der Waals surface area contributed by atoms with E-state index in [1.807, 2.05) is 0 Å².